The molecule has 128 valence electrons. The molecule has 0 bridgehead atoms. The average Bonchev–Trinajstić information content (AvgIpc) is 2.55. The third kappa shape index (κ3) is 4.53. The normalized spacial score (nSPS) is 23.3. The first kappa shape index (κ1) is 17.9. The molecule has 1 aromatic rings. The predicted octanol–water partition coefficient (Wildman–Crippen LogP) is 1.29. The molecule has 3 unspecified atom stereocenters. The standard InChI is InChI=1S/C16H25N3O3S/c1-11(19-16(20)13-4-3-5-14(17)10-13)12-6-8-15(9-7-12)23(21,22)18-2/h6-9,11,13-14,18H,3-5,10,17H2,1-2H3,(H,19,20). The lowest BCUT2D eigenvalue weighted by Crippen LogP contribution is -2.38. The molecular formula is C16H25N3O3S. The van der Waals surface area contributed by atoms with Gasteiger partial charge in [-0.15, -0.1) is 0 Å². The molecule has 0 radical (unpaired) electrons. The van der Waals surface area contributed by atoms with E-state index < -0.39 is 10.0 Å². The number of sulfonamides is 1. The highest BCUT2D eigenvalue weighted by molar-refractivity contribution is 7.89. The topological polar surface area (TPSA) is 101 Å². The first-order chi connectivity index (χ1) is 10.8. The van der Waals surface area contributed by atoms with Gasteiger partial charge < -0.3 is 11.1 Å². The molecule has 1 aliphatic rings. The van der Waals surface area contributed by atoms with Gasteiger partial charge in [0.2, 0.25) is 15.9 Å². The lowest BCUT2D eigenvalue weighted by Gasteiger charge is -2.27. The summed E-state index contributed by atoms with van der Waals surface area (Å²) in [4.78, 5) is 12.5. The van der Waals surface area contributed by atoms with E-state index in [4.69, 9.17) is 5.73 Å². The summed E-state index contributed by atoms with van der Waals surface area (Å²) in [6.45, 7) is 1.89. The summed E-state index contributed by atoms with van der Waals surface area (Å²) in [5.74, 6) is 0.00437. The summed E-state index contributed by atoms with van der Waals surface area (Å²) < 4.78 is 25.7. The third-order valence-electron chi connectivity index (χ3n) is 4.40. The van der Waals surface area contributed by atoms with Crippen LogP contribution in [0.15, 0.2) is 29.2 Å². The van der Waals surface area contributed by atoms with E-state index >= 15 is 0 Å². The fourth-order valence-electron chi connectivity index (χ4n) is 2.93. The Morgan fingerprint density at radius 3 is 2.48 bits per heavy atom. The molecule has 6 nitrogen and oxygen atoms in total. The Bertz CT molecular complexity index is 643. The summed E-state index contributed by atoms with van der Waals surface area (Å²) in [5, 5.41) is 3.00. The molecular weight excluding hydrogens is 314 g/mol. The van der Waals surface area contributed by atoms with Gasteiger partial charge in [0.25, 0.3) is 0 Å². The maximum atomic E-state index is 12.3. The van der Waals surface area contributed by atoms with Crippen molar-refractivity contribution in [3.63, 3.8) is 0 Å². The van der Waals surface area contributed by atoms with Gasteiger partial charge in [-0.25, -0.2) is 13.1 Å². The van der Waals surface area contributed by atoms with Crippen molar-refractivity contribution in [2.75, 3.05) is 7.05 Å². The zero-order chi connectivity index (χ0) is 17.0. The van der Waals surface area contributed by atoms with Crippen molar-refractivity contribution in [3.05, 3.63) is 29.8 Å². The fourth-order valence-corrected chi connectivity index (χ4v) is 3.66. The minimum absolute atomic E-state index is 0.0230. The maximum absolute atomic E-state index is 12.3. The lowest BCUT2D eigenvalue weighted by atomic mass is 9.85. The Morgan fingerprint density at radius 1 is 1.26 bits per heavy atom. The zero-order valence-electron chi connectivity index (χ0n) is 13.6. The minimum atomic E-state index is -3.44. The van der Waals surface area contributed by atoms with Gasteiger partial charge in [-0.05, 0) is 50.9 Å². The van der Waals surface area contributed by atoms with Crippen molar-refractivity contribution in [3.8, 4) is 0 Å². The highest BCUT2D eigenvalue weighted by Crippen LogP contribution is 2.24. The number of carbonyl (C=O) groups is 1. The number of nitrogens with two attached hydrogens (primary N) is 1. The van der Waals surface area contributed by atoms with Gasteiger partial charge in [0.05, 0.1) is 10.9 Å². The Labute approximate surface area is 137 Å². The van der Waals surface area contributed by atoms with Crippen molar-refractivity contribution in [1.29, 1.82) is 0 Å². The van der Waals surface area contributed by atoms with E-state index in [9.17, 15) is 13.2 Å². The van der Waals surface area contributed by atoms with Gasteiger partial charge in [-0.1, -0.05) is 18.6 Å². The first-order valence-electron chi connectivity index (χ1n) is 7.93. The van der Waals surface area contributed by atoms with Gasteiger partial charge in [-0.2, -0.15) is 0 Å². The van der Waals surface area contributed by atoms with E-state index in [1.54, 1.807) is 24.3 Å². The van der Waals surface area contributed by atoms with E-state index in [0.29, 0.717) is 0 Å². The van der Waals surface area contributed by atoms with E-state index in [1.807, 2.05) is 6.92 Å². The Hall–Kier alpha value is -1.44. The number of hydrogen-bond donors (Lipinski definition) is 3. The van der Waals surface area contributed by atoms with Gasteiger partial charge in [0.15, 0.2) is 0 Å². The highest BCUT2D eigenvalue weighted by Gasteiger charge is 2.26. The van der Waals surface area contributed by atoms with Crippen molar-refractivity contribution in [2.45, 2.75) is 49.6 Å². The highest BCUT2D eigenvalue weighted by atomic mass is 32.2. The number of rotatable bonds is 5. The van der Waals surface area contributed by atoms with Crippen LogP contribution >= 0.6 is 0 Å². The Kier molecular flexibility index (Phi) is 5.78. The largest absolute Gasteiger partial charge is 0.349 e. The molecule has 1 aliphatic carbocycles. The van der Waals surface area contributed by atoms with Gasteiger partial charge in [0, 0.05) is 12.0 Å². The molecule has 1 amide bonds. The summed E-state index contributed by atoms with van der Waals surface area (Å²) >= 11 is 0. The molecule has 2 rings (SSSR count). The van der Waals surface area contributed by atoms with Gasteiger partial charge in [0.1, 0.15) is 0 Å². The van der Waals surface area contributed by atoms with Crippen molar-refractivity contribution < 1.29 is 13.2 Å². The number of amides is 1. The second kappa shape index (κ2) is 7.42. The lowest BCUT2D eigenvalue weighted by molar-refractivity contribution is -0.126. The van der Waals surface area contributed by atoms with Gasteiger partial charge >= 0.3 is 0 Å². The summed E-state index contributed by atoms with van der Waals surface area (Å²) in [6.07, 6.45) is 3.59. The SMILES string of the molecule is CNS(=O)(=O)c1ccc(C(C)NC(=O)C2CCCC(N)C2)cc1. The molecule has 0 aromatic heterocycles. The molecule has 3 atom stereocenters. The number of carbonyl (C=O) groups excluding carboxylic acids is 1. The van der Waals surface area contributed by atoms with Crippen molar-refractivity contribution in [2.24, 2.45) is 11.7 Å². The predicted molar refractivity (Wildman–Crippen MR) is 89.2 cm³/mol. The van der Waals surface area contributed by atoms with Crippen molar-refractivity contribution in [1.82, 2.24) is 10.0 Å². The van der Waals surface area contributed by atoms with E-state index in [0.717, 1.165) is 31.2 Å². The van der Waals surface area contributed by atoms with E-state index in [2.05, 4.69) is 10.0 Å². The quantitative estimate of drug-likeness (QED) is 0.752. The molecule has 23 heavy (non-hydrogen) atoms. The Balaban J connectivity index is 2.00. The minimum Gasteiger partial charge on any atom is -0.349 e. The van der Waals surface area contributed by atoms with Crippen LogP contribution < -0.4 is 15.8 Å². The third-order valence-corrected chi connectivity index (χ3v) is 5.83. The molecule has 4 N–H and O–H groups in total. The molecule has 1 aromatic carbocycles. The van der Waals surface area contributed by atoms with Gasteiger partial charge in [-0.3, -0.25) is 4.79 Å². The molecule has 0 saturated heterocycles. The second-order valence-electron chi connectivity index (χ2n) is 6.13. The monoisotopic (exact) mass is 339 g/mol. The molecule has 0 spiro atoms. The first-order valence-corrected chi connectivity index (χ1v) is 9.41. The fraction of sp³-hybridized carbons (Fsp3) is 0.562. The van der Waals surface area contributed by atoms with Crippen LogP contribution in [0, 0.1) is 5.92 Å². The molecule has 0 heterocycles. The number of benzene rings is 1. The maximum Gasteiger partial charge on any atom is 0.240 e. The molecule has 1 fully saturated rings. The van der Waals surface area contributed by atoms with Crippen LogP contribution in [0.25, 0.3) is 0 Å². The van der Waals surface area contributed by atoms with Crippen molar-refractivity contribution >= 4 is 15.9 Å². The van der Waals surface area contributed by atoms with Crippen LogP contribution in [0.3, 0.4) is 0 Å². The van der Waals surface area contributed by atoms with Crippen LogP contribution in [0.4, 0.5) is 0 Å². The smallest absolute Gasteiger partial charge is 0.240 e. The van der Waals surface area contributed by atoms with Crippen LogP contribution in [0.1, 0.15) is 44.2 Å². The second-order valence-corrected chi connectivity index (χ2v) is 8.02. The average molecular weight is 339 g/mol. The van der Waals surface area contributed by atoms with Crippen LogP contribution in [-0.4, -0.2) is 27.4 Å². The summed E-state index contributed by atoms with van der Waals surface area (Å²) in [5.41, 5.74) is 6.80. The van der Waals surface area contributed by atoms with Crippen LogP contribution in [0.5, 0.6) is 0 Å². The summed E-state index contributed by atoms with van der Waals surface area (Å²) in [6, 6.07) is 6.47. The summed E-state index contributed by atoms with van der Waals surface area (Å²) in [7, 11) is -2.06. The molecule has 1 saturated carbocycles. The molecule has 0 aliphatic heterocycles. The van der Waals surface area contributed by atoms with Crippen LogP contribution in [0.2, 0.25) is 0 Å². The van der Waals surface area contributed by atoms with E-state index in [1.165, 1.54) is 7.05 Å². The van der Waals surface area contributed by atoms with E-state index in [-0.39, 0.29) is 28.8 Å². The van der Waals surface area contributed by atoms with Crippen LogP contribution in [-0.2, 0) is 14.8 Å². The number of hydrogen-bond acceptors (Lipinski definition) is 4. The number of nitrogens with one attached hydrogen (secondary N) is 2. The molecule has 7 heteroatoms. The zero-order valence-corrected chi connectivity index (χ0v) is 14.4. The Morgan fingerprint density at radius 2 is 1.91 bits per heavy atom.